The SMILES string of the molecule is c1ccc(-n2c3ccccc3c3cc(-c4ccc5c(c4)c4ccccc4n5-c4ccc5c(n4)-c4cccc6nccc-5c46)ccc32)cc1. The first kappa shape index (κ1) is 25.6. The van der Waals surface area contributed by atoms with Gasteiger partial charge in [-0.2, -0.15) is 0 Å². The van der Waals surface area contributed by atoms with Crippen molar-refractivity contribution >= 4 is 54.5 Å². The van der Waals surface area contributed by atoms with Crippen LogP contribution < -0.4 is 0 Å². The third kappa shape index (κ3) is 3.43. The Hall–Kier alpha value is -6.52. The van der Waals surface area contributed by atoms with E-state index < -0.39 is 0 Å². The van der Waals surface area contributed by atoms with E-state index in [1.165, 1.54) is 65.9 Å². The monoisotopic (exact) mass is 610 g/mol. The predicted molar refractivity (Wildman–Crippen MR) is 198 cm³/mol. The van der Waals surface area contributed by atoms with Crippen LogP contribution in [0.1, 0.15) is 0 Å². The summed E-state index contributed by atoms with van der Waals surface area (Å²) in [6.07, 6.45) is 1.90. The minimum absolute atomic E-state index is 0.917. The second kappa shape index (κ2) is 9.50. The molecule has 48 heavy (non-hydrogen) atoms. The first-order valence-electron chi connectivity index (χ1n) is 16.3. The Morgan fingerprint density at radius 3 is 1.81 bits per heavy atom. The van der Waals surface area contributed by atoms with Gasteiger partial charge in [0.2, 0.25) is 0 Å². The molecule has 0 fully saturated rings. The molecule has 6 aromatic carbocycles. The topological polar surface area (TPSA) is 35.6 Å². The molecule has 11 rings (SSSR count). The van der Waals surface area contributed by atoms with Gasteiger partial charge >= 0.3 is 0 Å². The lowest BCUT2D eigenvalue weighted by Crippen LogP contribution is -1.98. The van der Waals surface area contributed by atoms with Crippen LogP contribution in [0.2, 0.25) is 0 Å². The van der Waals surface area contributed by atoms with E-state index in [0.717, 1.165) is 33.6 Å². The van der Waals surface area contributed by atoms with Crippen LogP contribution in [0.4, 0.5) is 0 Å². The van der Waals surface area contributed by atoms with Crippen molar-refractivity contribution in [2.45, 2.75) is 0 Å². The molecule has 222 valence electrons. The Bertz CT molecular complexity index is 2940. The molecule has 0 aliphatic heterocycles. The molecule has 10 aromatic rings. The van der Waals surface area contributed by atoms with Gasteiger partial charge in [0.1, 0.15) is 5.82 Å². The molecule has 0 bridgehead atoms. The van der Waals surface area contributed by atoms with Gasteiger partial charge in [0.05, 0.1) is 33.3 Å². The Kier molecular flexibility index (Phi) is 5.08. The van der Waals surface area contributed by atoms with Crippen molar-refractivity contribution in [1.29, 1.82) is 0 Å². The molecule has 4 heteroatoms. The highest BCUT2D eigenvalue weighted by Gasteiger charge is 2.24. The third-order valence-electron chi connectivity index (χ3n) is 10.1. The largest absolute Gasteiger partial charge is 0.309 e. The molecule has 0 saturated heterocycles. The number of para-hydroxylation sites is 3. The molecule has 0 amide bonds. The van der Waals surface area contributed by atoms with Gasteiger partial charge < -0.3 is 4.57 Å². The van der Waals surface area contributed by atoms with Crippen molar-refractivity contribution in [2.24, 2.45) is 0 Å². The summed E-state index contributed by atoms with van der Waals surface area (Å²) in [7, 11) is 0. The molecule has 0 unspecified atom stereocenters. The number of aromatic nitrogens is 4. The van der Waals surface area contributed by atoms with E-state index in [0.29, 0.717) is 0 Å². The fourth-order valence-corrected chi connectivity index (χ4v) is 8.03. The van der Waals surface area contributed by atoms with Gasteiger partial charge in [-0.05, 0) is 89.5 Å². The molecule has 0 spiro atoms. The van der Waals surface area contributed by atoms with Crippen molar-refractivity contribution < 1.29 is 0 Å². The standard InChI is InChI=1S/C44H26N4/c1-2-9-29(10-3-1)47-38-15-6-4-11-30(38)35-25-27(17-20-40(35)47)28-18-21-41-36(26-28)31-12-5-7-16-39(31)48(41)42-22-19-33-32-23-24-45-37-14-8-13-34(43(32)37)44(33)46-42/h1-26H. The Labute approximate surface area is 275 Å². The number of hydrogen-bond acceptors (Lipinski definition) is 2. The minimum Gasteiger partial charge on any atom is -0.309 e. The lowest BCUT2D eigenvalue weighted by molar-refractivity contribution is 1.09. The second-order valence-corrected chi connectivity index (χ2v) is 12.6. The molecule has 1 aliphatic carbocycles. The zero-order chi connectivity index (χ0) is 31.3. The zero-order valence-corrected chi connectivity index (χ0v) is 25.8. The fraction of sp³-hybridized carbons (Fsp3) is 0. The van der Waals surface area contributed by atoms with Crippen molar-refractivity contribution in [3.63, 3.8) is 0 Å². The maximum atomic E-state index is 5.34. The number of fused-ring (bicyclic) bond motifs is 9. The van der Waals surface area contributed by atoms with E-state index in [4.69, 9.17) is 4.98 Å². The van der Waals surface area contributed by atoms with Crippen LogP contribution in [0.3, 0.4) is 0 Å². The molecule has 0 saturated carbocycles. The van der Waals surface area contributed by atoms with Crippen LogP contribution in [0.15, 0.2) is 158 Å². The summed E-state index contributed by atoms with van der Waals surface area (Å²) in [5.74, 6) is 0.917. The van der Waals surface area contributed by atoms with Crippen molar-refractivity contribution in [1.82, 2.24) is 19.1 Å². The first-order valence-corrected chi connectivity index (χ1v) is 16.3. The van der Waals surface area contributed by atoms with Gasteiger partial charge in [-0.1, -0.05) is 78.9 Å². The molecule has 0 N–H and O–H groups in total. The molecule has 4 heterocycles. The summed E-state index contributed by atoms with van der Waals surface area (Å²) < 4.78 is 4.68. The van der Waals surface area contributed by atoms with Crippen LogP contribution in [0.25, 0.3) is 99.5 Å². The number of benzene rings is 6. The normalized spacial score (nSPS) is 12.2. The van der Waals surface area contributed by atoms with E-state index in [1.54, 1.807) is 0 Å². The van der Waals surface area contributed by atoms with Crippen molar-refractivity contribution in [3.05, 3.63) is 158 Å². The van der Waals surface area contributed by atoms with E-state index in [2.05, 4.69) is 166 Å². The van der Waals surface area contributed by atoms with Gasteiger partial charge in [-0.15, -0.1) is 0 Å². The van der Waals surface area contributed by atoms with Crippen LogP contribution >= 0.6 is 0 Å². The van der Waals surface area contributed by atoms with Crippen LogP contribution in [-0.2, 0) is 0 Å². The van der Waals surface area contributed by atoms with Crippen LogP contribution in [0.5, 0.6) is 0 Å². The molecule has 4 aromatic heterocycles. The van der Waals surface area contributed by atoms with Gasteiger partial charge in [0.15, 0.2) is 0 Å². The van der Waals surface area contributed by atoms with Gasteiger partial charge in [-0.3, -0.25) is 9.55 Å². The molecule has 1 aliphatic rings. The van der Waals surface area contributed by atoms with Crippen LogP contribution in [0, 0.1) is 0 Å². The Morgan fingerprint density at radius 1 is 0.417 bits per heavy atom. The number of hydrogen-bond donors (Lipinski definition) is 0. The van der Waals surface area contributed by atoms with E-state index >= 15 is 0 Å². The first-order chi connectivity index (χ1) is 23.8. The van der Waals surface area contributed by atoms with Crippen molar-refractivity contribution in [3.8, 4) is 45.0 Å². The smallest absolute Gasteiger partial charge is 0.138 e. The highest BCUT2D eigenvalue weighted by Crippen LogP contribution is 2.46. The third-order valence-corrected chi connectivity index (χ3v) is 10.1. The van der Waals surface area contributed by atoms with Crippen LogP contribution in [-0.4, -0.2) is 19.1 Å². The lowest BCUT2D eigenvalue weighted by atomic mass is 10.0. The number of rotatable bonds is 3. The lowest BCUT2D eigenvalue weighted by Gasteiger charge is -2.10. The summed E-state index contributed by atoms with van der Waals surface area (Å²) in [6, 6.07) is 54.6. The highest BCUT2D eigenvalue weighted by molar-refractivity contribution is 6.14. The minimum atomic E-state index is 0.917. The van der Waals surface area contributed by atoms with Crippen molar-refractivity contribution in [2.75, 3.05) is 0 Å². The highest BCUT2D eigenvalue weighted by atomic mass is 15.1. The molecule has 0 atom stereocenters. The van der Waals surface area contributed by atoms with E-state index in [-0.39, 0.29) is 0 Å². The maximum absolute atomic E-state index is 5.34. The average Bonchev–Trinajstić information content (AvgIpc) is 3.78. The van der Waals surface area contributed by atoms with E-state index in [9.17, 15) is 0 Å². The molecule has 0 radical (unpaired) electrons. The summed E-state index contributed by atoms with van der Waals surface area (Å²) in [4.78, 5) is 9.97. The number of nitrogens with zero attached hydrogens (tertiary/aromatic N) is 4. The number of pyridine rings is 2. The van der Waals surface area contributed by atoms with Gasteiger partial charge in [0.25, 0.3) is 0 Å². The summed E-state index contributed by atoms with van der Waals surface area (Å²) >= 11 is 0. The summed E-state index contributed by atoms with van der Waals surface area (Å²) in [5, 5.41) is 6.13. The molecular weight excluding hydrogens is 585 g/mol. The predicted octanol–water partition coefficient (Wildman–Crippen LogP) is 11.1. The van der Waals surface area contributed by atoms with E-state index in [1.807, 2.05) is 6.20 Å². The van der Waals surface area contributed by atoms with Gasteiger partial charge in [0, 0.05) is 49.9 Å². The summed E-state index contributed by atoms with van der Waals surface area (Å²) in [6.45, 7) is 0. The zero-order valence-electron chi connectivity index (χ0n) is 25.8. The summed E-state index contributed by atoms with van der Waals surface area (Å²) in [5.41, 5.74) is 13.8. The Morgan fingerprint density at radius 2 is 1.06 bits per heavy atom. The Balaban J connectivity index is 1.10. The molecular formula is C44H26N4. The second-order valence-electron chi connectivity index (χ2n) is 12.6. The quantitative estimate of drug-likeness (QED) is 0.199. The fourth-order valence-electron chi connectivity index (χ4n) is 8.03. The molecule has 4 nitrogen and oxygen atoms in total. The van der Waals surface area contributed by atoms with Gasteiger partial charge in [-0.25, -0.2) is 4.98 Å². The average molecular weight is 611 g/mol. The maximum Gasteiger partial charge on any atom is 0.138 e.